The van der Waals surface area contributed by atoms with Crippen molar-refractivity contribution in [1.29, 1.82) is 0 Å². The molecule has 0 spiro atoms. The minimum absolute atomic E-state index is 0.0511. The van der Waals surface area contributed by atoms with Crippen LogP contribution in [0, 0.1) is 6.92 Å². The number of aromatic amines is 1. The molecule has 2 aliphatic rings. The van der Waals surface area contributed by atoms with Crippen molar-refractivity contribution in [1.82, 2.24) is 25.2 Å². The van der Waals surface area contributed by atoms with Crippen molar-refractivity contribution in [3.63, 3.8) is 0 Å². The lowest BCUT2D eigenvalue weighted by atomic mass is 10.0. The van der Waals surface area contributed by atoms with Crippen LogP contribution >= 0.6 is 0 Å². The fourth-order valence-corrected chi connectivity index (χ4v) is 5.10. The van der Waals surface area contributed by atoms with Gasteiger partial charge in [0.15, 0.2) is 6.04 Å². The normalized spacial score (nSPS) is 21.4. The smallest absolute Gasteiger partial charge is 0.258 e. The second-order valence-corrected chi connectivity index (χ2v) is 9.00. The molecule has 0 bridgehead atoms. The Hall–Kier alpha value is -2.58. The van der Waals surface area contributed by atoms with Gasteiger partial charge in [-0.3, -0.25) is 4.79 Å². The first-order valence-corrected chi connectivity index (χ1v) is 11.5. The van der Waals surface area contributed by atoms with Crippen LogP contribution in [-0.2, 0) is 11.3 Å². The van der Waals surface area contributed by atoms with Gasteiger partial charge >= 0.3 is 0 Å². The molecule has 31 heavy (non-hydrogen) atoms. The van der Waals surface area contributed by atoms with Gasteiger partial charge in [0.2, 0.25) is 5.82 Å². The molecule has 164 valence electrons. The molecule has 2 N–H and O–H groups in total. The molecule has 0 unspecified atom stereocenters. The van der Waals surface area contributed by atoms with Crippen LogP contribution < -0.4 is 10.5 Å². The number of likely N-dealkylation sites (tertiary alicyclic amines) is 1. The zero-order valence-electron chi connectivity index (χ0n) is 18.1. The molecule has 4 heterocycles. The molecule has 3 aromatic rings. The van der Waals surface area contributed by atoms with Crippen molar-refractivity contribution in [2.75, 3.05) is 19.7 Å². The number of fused-ring (bicyclic) bond motifs is 1. The number of benzene rings is 1. The van der Waals surface area contributed by atoms with Gasteiger partial charge in [0.05, 0.1) is 31.3 Å². The number of rotatable bonds is 5. The van der Waals surface area contributed by atoms with Crippen LogP contribution in [0.2, 0.25) is 0 Å². The molecule has 2 fully saturated rings. The fourth-order valence-electron chi connectivity index (χ4n) is 5.10. The highest BCUT2D eigenvalue weighted by Crippen LogP contribution is 2.21. The number of hydrogen-bond acceptors (Lipinski definition) is 5. The summed E-state index contributed by atoms with van der Waals surface area (Å²) in [6.45, 7) is 5.54. The first-order valence-electron chi connectivity index (χ1n) is 11.5. The van der Waals surface area contributed by atoms with Crippen molar-refractivity contribution in [3.05, 3.63) is 51.6 Å². The molecule has 8 nitrogen and oxygen atoms in total. The molecule has 0 amide bonds. The van der Waals surface area contributed by atoms with Gasteiger partial charge in [-0.2, -0.15) is 0 Å². The van der Waals surface area contributed by atoms with Gasteiger partial charge in [-0.25, -0.2) is 4.68 Å². The molecule has 2 atom stereocenters. The van der Waals surface area contributed by atoms with E-state index < -0.39 is 0 Å². The molecular weight excluding hydrogens is 392 g/mol. The maximum atomic E-state index is 13.3. The van der Waals surface area contributed by atoms with Crippen molar-refractivity contribution in [2.24, 2.45) is 0 Å². The Morgan fingerprint density at radius 3 is 2.81 bits per heavy atom. The number of ether oxygens (including phenoxy) is 1. The van der Waals surface area contributed by atoms with Crippen LogP contribution in [-0.4, -0.2) is 51.0 Å². The van der Waals surface area contributed by atoms with Crippen LogP contribution in [0.25, 0.3) is 10.9 Å². The molecule has 1 aromatic carbocycles. The van der Waals surface area contributed by atoms with E-state index in [4.69, 9.17) is 4.74 Å². The summed E-state index contributed by atoms with van der Waals surface area (Å²) >= 11 is 0. The van der Waals surface area contributed by atoms with E-state index in [0.29, 0.717) is 6.54 Å². The standard InChI is InChI=1S/C23H30N6O2/c1-16-8-9-20-17(13-16)14-19(23(30)24-20)21(28-10-4-2-3-5-11-28)22-25-26-27-29(22)15-18-7-6-12-31-18/h8-9,13-14,18,21H,2-7,10-12,15H2,1H3,(H,24,30)/p+1/t18-,21-/m0/s1. The molecule has 8 heteroatoms. The summed E-state index contributed by atoms with van der Waals surface area (Å²) in [4.78, 5) is 17.7. The van der Waals surface area contributed by atoms with E-state index in [-0.39, 0.29) is 17.7 Å². The Labute approximate surface area is 181 Å². The van der Waals surface area contributed by atoms with Crippen molar-refractivity contribution in [3.8, 4) is 0 Å². The molecule has 5 rings (SSSR count). The third kappa shape index (κ3) is 4.27. The van der Waals surface area contributed by atoms with E-state index in [9.17, 15) is 4.79 Å². The van der Waals surface area contributed by atoms with E-state index in [2.05, 4.69) is 39.6 Å². The average Bonchev–Trinajstić information content (AvgIpc) is 3.36. The topological polar surface area (TPSA) is 90.1 Å². The maximum absolute atomic E-state index is 13.3. The first kappa shape index (κ1) is 20.3. The number of aryl methyl sites for hydroxylation is 1. The number of tetrazole rings is 1. The van der Waals surface area contributed by atoms with E-state index in [1.165, 1.54) is 23.3 Å². The van der Waals surface area contributed by atoms with Gasteiger partial charge in [0.1, 0.15) is 0 Å². The van der Waals surface area contributed by atoms with Crippen LogP contribution in [0.5, 0.6) is 0 Å². The van der Waals surface area contributed by atoms with Crippen LogP contribution in [0.4, 0.5) is 0 Å². The zero-order chi connectivity index (χ0) is 21.2. The molecule has 2 aliphatic heterocycles. The van der Waals surface area contributed by atoms with Gasteiger partial charge in [0.25, 0.3) is 5.56 Å². The quantitative estimate of drug-likeness (QED) is 0.650. The zero-order valence-corrected chi connectivity index (χ0v) is 18.1. The second-order valence-electron chi connectivity index (χ2n) is 9.00. The van der Waals surface area contributed by atoms with Crippen molar-refractivity contribution in [2.45, 2.75) is 64.1 Å². The van der Waals surface area contributed by atoms with Gasteiger partial charge in [-0.1, -0.05) is 11.6 Å². The summed E-state index contributed by atoms with van der Waals surface area (Å²) < 4.78 is 7.71. The first-order chi connectivity index (χ1) is 15.2. The lowest BCUT2D eigenvalue weighted by molar-refractivity contribution is -0.925. The molecule has 2 aromatic heterocycles. The minimum atomic E-state index is -0.192. The summed E-state index contributed by atoms with van der Waals surface area (Å²) in [5.74, 6) is 0.768. The van der Waals surface area contributed by atoms with E-state index in [1.807, 2.05) is 16.8 Å². The lowest BCUT2D eigenvalue weighted by Gasteiger charge is -2.27. The lowest BCUT2D eigenvalue weighted by Crippen LogP contribution is -3.12. The van der Waals surface area contributed by atoms with Gasteiger partial charge in [-0.15, -0.1) is 5.10 Å². The number of pyridine rings is 1. The Balaban J connectivity index is 1.60. The summed E-state index contributed by atoms with van der Waals surface area (Å²) in [6, 6.07) is 7.99. The number of nitrogens with one attached hydrogen (secondary N) is 2. The molecule has 2 saturated heterocycles. The average molecular weight is 424 g/mol. The number of nitrogens with zero attached hydrogens (tertiary/aromatic N) is 4. The van der Waals surface area contributed by atoms with Crippen LogP contribution in [0.15, 0.2) is 29.1 Å². The molecule has 0 saturated carbocycles. The highest BCUT2D eigenvalue weighted by atomic mass is 16.5. The van der Waals surface area contributed by atoms with Gasteiger partial charge in [-0.05, 0) is 79.5 Å². The number of aromatic nitrogens is 5. The monoisotopic (exact) mass is 423 g/mol. The maximum Gasteiger partial charge on any atom is 0.258 e. The third-order valence-electron chi connectivity index (χ3n) is 6.71. The highest BCUT2D eigenvalue weighted by Gasteiger charge is 2.35. The van der Waals surface area contributed by atoms with Crippen molar-refractivity contribution < 1.29 is 9.64 Å². The Bertz CT molecular complexity index is 1090. The predicted molar refractivity (Wildman–Crippen MR) is 117 cm³/mol. The summed E-state index contributed by atoms with van der Waals surface area (Å²) in [7, 11) is 0. The summed E-state index contributed by atoms with van der Waals surface area (Å²) in [5, 5.41) is 13.8. The predicted octanol–water partition coefficient (Wildman–Crippen LogP) is 1.55. The van der Waals surface area contributed by atoms with Gasteiger partial charge in [0, 0.05) is 12.1 Å². The highest BCUT2D eigenvalue weighted by molar-refractivity contribution is 5.79. The molecular formula is C23H31N6O2+. The van der Waals surface area contributed by atoms with Gasteiger partial charge < -0.3 is 14.6 Å². The molecule has 0 radical (unpaired) electrons. The van der Waals surface area contributed by atoms with Crippen LogP contribution in [0.1, 0.15) is 61.5 Å². The second kappa shape index (κ2) is 8.88. The number of H-pyrrole nitrogens is 1. The Kier molecular flexibility index (Phi) is 5.82. The van der Waals surface area contributed by atoms with E-state index >= 15 is 0 Å². The number of hydrogen-bond donors (Lipinski definition) is 2. The third-order valence-corrected chi connectivity index (χ3v) is 6.71. The number of quaternary nitrogens is 1. The fraction of sp³-hybridized carbons (Fsp3) is 0.565. The van der Waals surface area contributed by atoms with E-state index in [1.54, 1.807) is 0 Å². The summed E-state index contributed by atoms with van der Waals surface area (Å²) in [5.41, 5.74) is 2.73. The van der Waals surface area contributed by atoms with Crippen LogP contribution in [0.3, 0.4) is 0 Å². The SMILES string of the molecule is Cc1ccc2[nH]c(=O)c([C@@H](c3nnnn3C[C@@H]3CCCO3)[NH+]3CCCCCC3)cc2c1. The minimum Gasteiger partial charge on any atom is -0.376 e. The summed E-state index contributed by atoms with van der Waals surface area (Å²) in [6.07, 6.45) is 7.03. The Morgan fingerprint density at radius 2 is 2.03 bits per heavy atom. The Morgan fingerprint density at radius 1 is 1.19 bits per heavy atom. The van der Waals surface area contributed by atoms with Crippen molar-refractivity contribution >= 4 is 10.9 Å². The largest absolute Gasteiger partial charge is 0.376 e. The van der Waals surface area contributed by atoms with E-state index in [0.717, 1.165) is 67.7 Å². The molecule has 0 aliphatic carbocycles.